The Bertz CT molecular complexity index is 274. The molecule has 5 heteroatoms. The molecular formula is C11H20N2O3. The van der Waals surface area contributed by atoms with Gasteiger partial charge in [-0.3, -0.25) is 4.79 Å². The van der Waals surface area contributed by atoms with Crippen molar-refractivity contribution in [2.24, 2.45) is 5.92 Å². The minimum absolute atomic E-state index is 0.0924. The van der Waals surface area contributed by atoms with Gasteiger partial charge in [-0.05, 0) is 32.6 Å². The monoisotopic (exact) mass is 228 g/mol. The molecule has 92 valence electrons. The Hall–Kier alpha value is -1.26. The molecule has 0 atom stereocenters. The molecule has 0 saturated heterocycles. The summed E-state index contributed by atoms with van der Waals surface area (Å²) in [5, 5.41) is 8.75. The largest absolute Gasteiger partial charge is 0.480 e. The van der Waals surface area contributed by atoms with Gasteiger partial charge in [0.15, 0.2) is 0 Å². The first-order chi connectivity index (χ1) is 7.41. The van der Waals surface area contributed by atoms with Crippen molar-refractivity contribution in [3.05, 3.63) is 0 Å². The summed E-state index contributed by atoms with van der Waals surface area (Å²) in [6.07, 6.45) is 2.36. The van der Waals surface area contributed by atoms with Crippen LogP contribution in [-0.4, -0.2) is 53.1 Å². The Labute approximate surface area is 96.0 Å². The van der Waals surface area contributed by atoms with Crippen LogP contribution >= 0.6 is 0 Å². The first kappa shape index (κ1) is 12.8. The van der Waals surface area contributed by atoms with Crippen molar-refractivity contribution in [2.75, 3.05) is 20.1 Å². The van der Waals surface area contributed by atoms with Crippen molar-refractivity contribution >= 4 is 12.0 Å². The summed E-state index contributed by atoms with van der Waals surface area (Å²) in [5.41, 5.74) is 0. The van der Waals surface area contributed by atoms with E-state index in [1.165, 1.54) is 17.7 Å². The highest BCUT2D eigenvalue weighted by molar-refractivity contribution is 5.80. The summed E-state index contributed by atoms with van der Waals surface area (Å²) in [6, 6.07) is -0.283. The SMILES string of the molecule is CC(C)N(CC(=O)O)C(=O)N(C)CC1CC1. The number of hydrogen-bond donors (Lipinski definition) is 1. The summed E-state index contributed by atoms with van der Waals surface area (Å²) >= 11 is 0. The van der Waals surface area contributed by atoms with E-state index in [1.54, 1.807) is 11.9 Å². The molecule has 0 heterocycles. The lowest BCUT2D eigenvalue weighted by Crippen LogP contribution is -2.47. The number of urea groups is 1. The summed E-state index contributed by atoms with van der Waals surface area (Å²) in [6.45, 7) is 4.16. The van der Waals surface area contributed by atoms with Crippen LogP contribution in [0.25, 0.3) is 0 Å². The van der Waals surface area contributed by atoms with E-state index < -0.39 is 5.97 Å². The number of hydrogen-bond acceptors (Lipinski definition) is 2. The van der Waals surface area contributed by atoms with Gasteiger partial charge in [-0.15, -0.1) is 0 Å². The molecule has 0 spiro atoms. The molecule has 0 aromatic carbocycles. The van der Waals surface area contributed by atoms with Gasteiger partial charge >= 0.3 is 12.0 Å². The van der Waals surface area contributed by atoms with Crippen LogP contribution in [-0.2, 0) is 4.79 Å². The van der Waals surface area contributed by atoms with Crippen LogP contribution in [0.15, 0.2) is 0 Å². The zero-order valence-electron chi connectivity index (χ0n) is 10.1. The number of aliphatic carboxylic acids is 1. The van der Waals surface area contributed by atoms with E-state index in [0.29, 0.717) is 5.92 Å². The Morgan fingerprint density at radius 3 is 2.31 bits per heavy atom. The maximum atomic E-state index is 12.0. The maximum Gasteiger partial charge on any atom is 0.323 e. The molecule has 1 saturated carbocycles. The van der Waals surface area contributed by atoms with Gasteiger partial charge in [0, 0.05) is 19.6 Å². The predicted octanol–water partition coefficient (Wildman–Crippen LogP) is 1.24. The van der Waals surface area contributed by atoms with Gasteiger partial charge in [0.1, 0.15) is 6.54 Å². The molecular weight excluding hydrogens is 208 g/mol. The van der Waals surface area contributed by atoms with Gasteiger partial charge in [-0.25, -0.2) is 4.79 Å². The number of amides is 2. The van der Waals surface area contributed by atoms with Crippen molar-refractivity contribution in [2.45, 2.75) is 32.7 Å². The second-order valence-electron chi connectivity index (χ2n) is 4.72. The number of nitrogens with zero attached hydrogens (tertiary/aromatic N) is 2. The highest BCUT2D eigenvalue weighted by Crippen LogP contribution is 2.29. The minimum Gasteiger partial charge on any atom is -0.480 e. The second-order valence-corrected chi connectivity index (χ2v) is 4.72. The third-order valence-electron chi connectivity index (χ3n) is 2.73. The quantitative estimate of drug-likeness (QED) is 0.770. The highest BCUT2D eigenvalue weighted by Gasteiger charge is 2.28. The average molecular weight is 228 g/mol. The molecule has 0 bridgehead atoms. The van der Waals surface area contributed by atoms with Crippen LogP contribution in [0.4, 0.5) is 4.79 Å². The zero-order chi connectivity index (χ0) is 12.3. The summed E-state index contributed by atoms with van der Waals surface area (Å²) in [7, 11) is 1.73. The molecule has 16 heavy (non-hydrogen) atoms. The molecule has 2 amide bonds. The van der Waals surface area contributed by atoms with Gasteiger partial charge < -0.3 is 14.9 Å². The van der Waals surface area contributed by atoms with Crippen molar-refractivity contribution in [3.8, 4) is 0 Å². The lowest BCUT2D eigenvalue weighted by molar-refractivity contribution is -0.138. The van der Waals surface area contributed by atoms with Crippen LogP contribution < -0.4 is 0 Å². The normalized spacial score (nSPS) is 15.0. The number of carboxylic acids is 1. The van der Waals surface area contributed by atoms with Crippen LogP contribution in [0.5, 0.6) is 0 Å². The first-order valence-corrected chi connectivity index (χ1v) is 5.65. The molecule has 5 nitrogen and oxygen atoms in total. The molecule has 0 aliphatic heterocycles. The third kappa shape index (κ3) is 3.72. The summed E-state index contributed by atoms with van der Waals surface area (Å²) in [4.78, 5) is 25.6. The van der Waals surface area contributed by atoms with E-state index in [-0.39, 0.29) is 18.6 Å². The fourth-order valence-corrected chi connectivity index (χ4v) is 1.60. The van der Waals surface area contributed by atoms with Gasteiger partial charge in [0.25, 0.3) is 0 Å². The number of carbonyl (C=O) groups excluding carboxylic acids is 1. The van der Waals surface area contributed by atoms with Crippen molar-refractivity contribution in [3.63, 3.8) is 0 Å². The molecule has 1 aliphatic carbocycles. The summed E-state index contributed by atoms with van der Waals surface area (Å²) in [5.74, 6) is -0.352. The number of rotatable bonds is 5. The fraction of sp³-hybridized carbons (Fsp3) is 0.818. The molecule has 0 unspecified atom stereocenters. The Kier molecular flexibility index (Phi) is 4.15. The fourth-order valence-electron chi connectivity index (χ4n) is 1.60. The third-order valence-corrected chi connectivity index (χ3v) is 2.73. The van der Waals surface area contributed by atoms with Crippen LogP contribution in [0.2, 0.25) is 0 Å². The zero-order valence-corrected chi connectivity index (χ0v) is 10.1. The molecule has 0 aromatic heterocycles. The van der Waals surface area contributed by atoms with Crippen molar-refractivity contribution < 1.29 is 14.7 Å². The van der Waals surface area contributed by atoms with Crippen LogP contribution in [0.3, 0.4) is 0 Å². The van der Waals surface area contributed by atoms with Crippen LogP contribution in [0.1, 0.15) is 26.7 Å². The van der Waals surface area contributed by atoms with E-state index >= 15 is 0 Å². The van der Waals surface area contributed by atoms with Gasteiger partial charge in [0.05, 0.1) is 0 Å². The molecule has 0 radical (unpaired) electrons. The Morgan fingerprint density at radius 2 is 1.94 bits per heavy atom. The molecule has 0 aromatic rings. The van der Waals surface area contributed by atoms with E-state index in [0.717, 1.165) is 6.54 Å². The molecule has 1 aliphatic rings. The van der Waals surface area contributed by atoms with E-state index in [2.05, 4.69) is 0 Å². The van der Waals surface area contributed by atoms with E-state index in [9.17, 15) is 9.59 Å². The van der Waals surface area contributed by atoms with Gasteiger partial charge in [-0.1, -0.05) is 0 Å². The highest BCUT2D eigenvalue weighted by atomic mass is 16.4. The van der Waals surface area contributed by atoms with Crippen LogP contribution in [0, 0.1) is 5.92 Å². The van der Waals surface area contributed by atoms with E-state index in [4.69, 9.17) is 5.11 Å². The van der Waals surface area contributed by atoms with Crippen molar-refractivity contribution in [1.82, 2.24) is 9.80 Å². The number of carboxylic acid groups (broad SMARTS) is 1. The molecule has 1 fully saturated rings. The first-order valence-electron chi connectivity index (χ1n) is 5.65. The Morgan fingerprint density at radius 1 is 1.38 bits per heavy atom. The summed E-state index contributed by atoms with van der Waals surface area (Å²) < 4.78 is 0. The lowest BCUT2D eigenvalue weighted by atomic mass is 10.3. The molecule has 1 N–H and O–H groups in total. The van der Waals surface area contributed by atoms with Gasteiger partial charge in [0.2, 0.25) is 0 Å². The topological polar surface area (TPSA) is 60.9 Å². The smallest absolute Gasteiger partial charge is 0.323 e. The average Bonchev–Trinajstić information content (AvgIpc) is 2.96. The Balaban J connectivity index is 2.53. The van der Waals surface area contributed by atoms with Crippen molar-refractivity contribution in [1.29, 1.82) is 0 Å². The standard InChI is InChI=1S/C11H20N2O3/c1-8(2)13(7-10(14)15)11(16)12(3)6-9-4-5-9/h8-9H,4-7H2,1-3H3,(H,14,15). The number of carbonyl (C=O) groups is 2. The van der Waals surface area contributed by atoms with E-state index in [1.807, 2.05) is 13.8 Å². The predicted molar refractivity (Wildman–Crippen MR) is 60.2 cm³/mol. The van der Waals surface area contributed by atoms with Gasteiger partial charge in [-0.2, -0.15) is 0 Å². The second kappa shape index (κ2) is 5.18. The lowest BCUT2D eigenvalue weighted by Gasteiger charge is -2.30. The molecule has 1 rings (SSSR count). The minimum atomic E-state index is -0.970. The maximum absolute atomic E-state index is 12.0.